The molecule has 1 aromatic heterocycles. The standard InChI is InChI=1S/C51H39N3/c1-2-10-35(11-3-1)48-52-49(36-19-17-34(18-20-36)43-16-8-14-33-9-6-7-15-42(33)43)54-50(53-48)39-21-22-46-44(29-39)45-28-37-12-4-5-13-38(37)30-47(45)51(46)40-24-31-23-32(26-40)27-41(51)25-31/h1-22,28-32,40-41H,23-27H2. The number of hydrogen-bond acceptors (Lipinski definition) is 3. The number of hydrogen-bond donors (Lipinski definition) is 0. The van der Waals surface area contributed by atoms with Gasteiger partial charge in [-0.15, -0.1) is 0 Å². The van der Waals surface area contributed by atoms with E-state index in [1.54, 1.807) is 11.1 Å². The second kappa shape index (κ2) is 11.5. The van der Waals surface area contributed by atoms with Crippen molar-refractivity contribution in [2.75, 3.05) is 0 Å². The van der Waals surface area contributed by atoms with E-state index in [1.807, 2.05) is 6.07 Å². The van der Waals surface area contributed by atoms with Crippen LogP contribution in [0.2, 0.25) is 0 Å². The Morgan fingerprint density at radius 3 is 1.63 bits per heavy atom. The van der Waals surface area contributed by atoms with E-state index in [1.165, 1.54) is 75.9 Å². The first-order valence-corrected chi connectivity index (χ1v) is 19.8. The Bertz CT molecular complexity index is 2750. The monoisotopic (exact) mass is 693 g/mol. The Hall–Kier alpha value is -5.93. The minimum Gasteiger partial charge on any atom is -0.208 e. The number of aromatic nitrogens is 3. The van der Waals surface area contributed by atoms with Crippen molar-refractivity contribution in [3.63, 3.8) is 0 Å². The van der Waals surface area contributed by atoms with E-state index in [0.29, 0.717) is 29.3 Å². The van der Waals surface area contributed by atoms with E-state index in [2.05, 4.69) is 146 Å². The van der Waals surface area contributed by atoms with Gasteiger partial charge in [0, 0.05) is 22.1 Å². The topological polar surface area (TPSA) is 38.7 Å². The number of fused-ring (bicyclic) bond motifs is 5. The van der Waals surface area contributed by atoms with Gasteiger partial charge >= 0.3 is 0 Å². The Morgan fingerprint density at radius 2 is 0.907 bits per heavy atom. The molecule has 0 N–H and O–H groups in total. The molecule has 4 fully saturated rings. The molecule has 1 spiro atoms. The molecule has 1 heterocycles. The second-order valence-electron chi connectivity index (χ2n) is 16.5. The summed E-state index contributed by atoms with van der Waals surface area (Å²) in [7, 11) is 0. The molecule has 0 atom stereocenters. The highest BCUT2D eigenvalue weighted by Crippen LogP contribution is 2.69. The van der Waals surface area contributed by atoms with Gasteiger partial charge in [-0.1, -0.05) is 133 Å². The molecule has 4 saturated carbocycles. The van der Waals surface area contributed by atoms with Gasteiger partial charge in [-0.2, -0.15) is 0 Å². The maximum atomic E-state index is 5.24. The first-order chi connectivity index (χ1) is 26.7. The smallest absolute Gasteiger partial charge is 0.164 e. The van der Waals surface area contributed by atoms with Gasteiger partial charge in [-0.25, -0.2) is 15.0 Å². The fraction of sp³-hybridized carbons (Fsp3) is 0.196. The average Bonchev–Trinajstić information content (AvgIpc) is 3.50. The molecule has 258 valence electrons. The van der Waals surface area contributed by atoms with Crippen LogP contribution in [0.5, 0.6) is 0 Å². The van der Waals surface area contributed by atoms with Crippen LogP contribution >= 0.6 is 0 Å². The molecule has 54 heavy (non-hydrogen) atoms. The fourth-order valence-electron chi connectivity index (χ4n) is 11.7. The molecule has 3 nitrogen and oxygen atoms in total. The third-order valence-electron chi connectivity index (χ3n) is 13.7. The van der Waals surface area contributed by atoms with Gasteiger partial charge in [0.15, 0.2) is 17.5 Å². The molecular weight excluding hydrogens is 655 g/mol. The third-order valence-corrected chi connectivity index (χ3v) is 13.7. The Kier molecular flexibility index (Phi) is 6.52. The summed E-state index contributed by atoms with van der Waals surface area (Å²) >= 11 is 0. The molecule has 0 radical (unpaired) electrons. The van der Waals surface area contributed by atoms with Crippen molar-refractivity contribution in [2.45, 2.75) is 37.5 Å². The van der Waals surface area contributed by atoms with Crippen LogP contribution in [0.25, 0.3) is 78.0 Å². The van der Waals surface area contributed by atoms with Crippen LogP contribution < -0.4 is 0 Å². The van der Waals surface area contributed by atoms with Crippen LogP contribution in [0.15, 0.2) is 152 Å². The first kappa shape index (κ1) is 30.5. The van der Waals surface area contributed by atoms with Crippen molar-refractivity contribution >= 4 is 21.5 Å². The van der Waals surface area contributed by atoms with E-state index in [0.717, 1.165) is 28.5 Å². The summed E-state index contributed by atoms with van der Waals surface area (Å²) in [6, 6.07) is 55.3. The largest absolute Gasteiger partial charge is 0.208 e. The zero-order chi connectivity index (χ0) is 35.4. The summed E-state index contributed by atoms with van der Waals surface area (Å²) in [4.78, 5) is 15.5. The first-order valence-electron chi connectivity index (χ1n) is 19.8. The van der Waals surface area contributed by atoms with Crippen LogP contribution in [0.4, 0.5) is 0 Å². The van der Waals surface area contributed by atoms with E-state index >= 15 is 0 Å². The summed E-state index contributed by atoms with van der Waals surface area (Å²) in [5.41, 5.74) is 11.4. The lowest BCUT2D eigenvalue weighted by molar-refractivity contribution is -0.0398. The SMILES string of the molecule is c1ccc(-c2nc(-c3ccc(-c4cccc5ccccc45)cc3)nc(-c3ccc4c(c3)-c3cc5ccccc5cc3C43C4CC5CC(C4)CC3C5)n2)cc1. The predicted octanol–water partition coefficient (Wildman–Crippen LogP) is 12.6. The Labute approximate surface area is 315 Å². The molecule has 8 aromatic rings. The normalized spacial score (nSPS) is 23.3. The van der Waals surface area contributed by atoms with E-state index in [9.17, 15) is 0 Å². The lowest BCUT2D eigenvalue weighted by atomic mass is 9.43. The summed E-state index contributed by atoms with van der Waals surface area (Å²) in [5.74, 6) is 5.34. The molecule has 5 aliphatic rings. The maximum Gasteiger partial charge on any atom is 0.164 e. The summed E-state index contributed by atoms with van der Waals surface area (Å²) in [6.07, 6.45) is 6.94. The van der Waals surface area contributed by atoms with Gasteiger partial charge < -0.3 is 0 Å². The minimum atomic E-state index is 0.103. The number of benzene rings is 7. The van der Waals surface area contributed by atoms with E-state index in [-0.39, 0.29) is 5.41 Å². The van der Waals surface area contributed by atoms with Crippen molar-refractivity contribution in [1.82, 2.24) is 15.0 Å². The van der Waals surface area contributed by atoms with Crippen molar-refractivity contribution in [2.24, 2.45) is 23.7 Å². The van der Waals surface area contributed by atoms with Gasteiger partial charge in [0.25, 0.3) is 0 Å². The molecule has 13 rings (SSSR count). The zero-order valence-corrected chi connectivity index (χ0v) is 30.1. The van der Waals surface area contributed by atoms with Crippen molar-refractivity contribution in [3.8, 4) is 56.4 Å². The Morgan fingerprint density at radius 1 is 0.370 bits per heavy atom. The number of nitrogens with zero attached hydrogens (tertiary/aromatic N) is 3. The van der Waals surface area contributed by atoms with Crippen molar-refractivity contribution in [1.29, 1.82) is 0 Å². The predicted molar refractivity (Wildman–Crippen MR) is 220 cm³/mol. The van der Waals surface area contributed by atoms with Crippen molar-refractivity contribution < 1.29 is 0 Å². The van der Waals surface area contributed by atoms with Crippen LogP contribution in [0.1, 0.15) is 43.2 Å². The molecule has 3 heteroatoms. The van der Waals surface area contributed by atoms with Gasteiger partial charge in [-0.05, 0) is 129 Å². The third kappa shape index (κ3) is 4.45. The highest BCUT2D eigenvalue weighted by atomic mass is 15.0. The summed E-state index contributed by atoms with van der Waals surface area (Å²) < 4.78 is 0. The van der Waals surface area contributed by atoms with Crippen LogP contribution in [0.3, 0.4) is 0 Å². The molecule has 0 saturated heterocycles. The Balaban J connectivity index is 1.01. The average molecular weight is 694 g/mol. The lowest BCUT2D eigenvalue weighted by Crippen LogP contribution is -2.55. The highest BCUT2D eigenvalue weighted by Gasteiger charge is 2.61. The summed E-state index contributed by atoms with van der Waals surface area (Å²) in [5, 5.41) is 5.17. The van der Waals surface area contributed by atoms with Gasteiger partial charge in [0.05, 0.1) is 0 Å². The highest BCUT2D eigenvalue weighted by molar-refractivity contribution is 5.97. The lowest BCUT2D eigenvalue weighted by Gasteiger charge is -2.61. The zero-order valence-electron chi connectivity index (χ0n) is 30.1. The molecule has 0 aliphatic heterocycles. The quantitative estimate of drug-likeness (QED) is 0.184. The molecular formula is C51H39N3. The molecule has 0 amide bonds. The van der Waals surface area contributed by atoms with Gasteiger partial charge in [0.1, 0.15) is 0 Å². The fourth-order valence-corrected chi connectivity index (χ4v) is 11.7. The molecule has 4 bridgehead atoms. The van der Waals surface area contributed by atoms with Crippen LogP contribution in [0, 0.1) is 23.7 Å². The van der Waals surface area contributed by atoms with E-state index < -0.39 is 0 Å². The number of rotatable bonds is 4. The van der Waals surface area contributed by atoms with Crippen LogP contribution in [-0.2, 0) is 5.41 Å². The van der Waals surface area contributed by atoms with Crippen molar-refractivity contribution in [3.05, 3.63) is 163 Å². The molecule has 0 unspecified atom stereocenters. The van der Waals surface area contributed by atoms with Gasteiger partial charge in [0.2, 0.25) is 0 Å². The molecule has 5 aliphatic carbocycles. The second-order valence-corrected chi connectivity index (χ2v) is 16.5. The maximum absolute atomic E-state index is 5.24. The van der Waals surface area contributed by atoms with E-state index in [4.69, 9.17) is 15.0 Å². The molecule has 7 aromatic carbocycles. The van der Waals surface area contributed by atoms with Gasteiger partial charge in [-0.3, -0.25) is 0 Å². The summed E-state index contributed by atoms with van der Waals surface area (Å²) in [6.45, 7) is 0. The minimum absolute atomic E-state index is 0.103. The van der Waals surface area contributed by atoms with Crippen LogP contribution in [-0.4, -0.2) is 15.0 Å².